The molecule has 0 amide bonds. The Labute approximate surface area is 163 Å². The first-order valence-corrected chi connectivity index (χ1v) is 9.00. The van der Waals surface area contributed by atoms with Crippen LogP contribution in [0.1, 0.15) is 5.56 Å². The summed E-state index contributed by atoms with van der Waals surface area (Å²) in [5, 5.41) is 8.34. The van der Waals surface area contributed by atoms with Gasteiger partial charge in [-0.25, -0.2) is 4.68 Å². The zero-order chi connectivity index (χ0) is 19.7. The third-order valence-electron chi connectivity index (χ3n) is 4.91. The fourth-order valence-electron chi connectivity index (χ4n) is 3.53. The van der Waals surface area contributed by atoms with Gasteiger partial charge in [-0.3, -0.25) is 0 Å². The Hall–Kier alpha value is -3.35. The molecular formula is C21H23N3O4. The summed E-state index contributed by atoms with van der Waals surface area (Å²) in [7, 11) is 6.48. The van der Waals surface area contributed by atoms with Crippen molar-refractivity contribution in [1.82, 2.24) is 9.78 Å². The standard InChI is InChI=1S/C21H23N3O4/c1-25-15-7-5-14(6-8-15)24-21-16(9-10-22-21)19(23-24)13-11-17(26-2)20(28-4)18(12-13)27-3/h5-8,11-12,22H,9-10H2,1-4H3. The lowest BCUT2D eigenvalue weighted by Gasteiger charge is -2.13. The van der Waals surface area contributed by atoms with Gasteiger partial charge in [0.05, 0.1) is 39.8 Å². The van der Waals surface area contributed by atoms with Crippen LogP contribution >= 0.6 is 0 Å². The summed E-state index contributed by atoms with van der Waals surface area (Å²) in [6.45, 7) is 0.876. The van der Waals surface area contributed by atoms with Gasteiger partial charge in [0.25, 0.3) is 0 Å². The molecule has 0 radical (unpaired) electrons. The molecule has 1 aliphatic rings. The molecule has 1 aliphatic heterocycles. The minimum Gasteiger partial charge on any atom is -0.497 e. The molecule has 0 saturated heterocycles. The molecule has 0 saturated carbocycles. The molecule has 0 bridgehead atoms. The minimum absolute atomic E-state index is 0.568. The van der Waals surface area contributed by atoms with E-state index in [4.69, 9.17) is 24.0 Å². The van der Waals surface area contributed by atoms with Gasteiger partial charge in [-0.15, -0.1) is 0 Å². The van der Waals surface area contributed by atoms with Crippen molar-refractivity contribution in [3.8, 4) is 39.9 Å². The zero-order valence-corrected chi connectivity index (χ0v) is 16.4. The van der Waals surface area contributed by atoms with E-state index in [0.29, 0.717) is 17.2 Å². The van der Waals surface area contributed by atoms with E-state index >= 15 is 0 Å². The summed E-state index contributed by atoms with van der Waals surface area (Å²) >= 11 is 0. The predicted octanol–water partition coefficient (Wildman–Crippen LogP) is 3.54. The molecule has 146 valence electrons. The third-order valence-corrected chi connectivity index (χ3v) is 4.91. The van der Waals surface area contributed by atoms with Gasteiger partial charge in [-0.05, 0) is 42.8 Å². The van der Waals surface area contributed by atoms with Crippen LogP contribution in [-0.2, 0) is 6.42 Å². The summed E-state index contributed by atoms with van der Waals surface area (Å²) in [6, 6.07) is 11.7. The SMILES string of the molecule is COc1ccc(-n2nc(-c3cc(OC)c(OC)c(OC)c3)c3c2NCC3)cc1. The van der Waals surface area contributed by atoms with Crippen LogP contribution in [-0.4, -0.2) is 44.8 Å². The summed E-state index contributed by atoms with van der Waals surface area (Å²) < 4.78 is 23.6. The lowest BCUT2D eigenvalue weighted by atomic mass is 10.1. The summed E-state index contributed by atoms with van der Waals surface area (Å²) in [4.78, 5) is 0. The van der Waals surface area contributed by atoms with Crippen molar-refractivity contribution in [2.75, 3.05) is 40.3 Å². The van der Waals surface area contributed by atoms with E-state index in [-0.39, 0.29) is 0 Å². The van der Waals surface area contributed by atoms with Gasteiger partial charge in [0.2, 0.25) is 5.75 Å². The second-order valence-electron chi connectivity index (χ2n) is 6.38. The van der Waals surface area contributed by atoms with Gasteiger partial charge in [-0.1, -0.05) is 0 Å². The van der Waals surface area contributed by atoms with Crippen LogP contribution in [0.3, 0.4) is 0 Å². The molecule has 1 aromatic heterocycles. The van der Waals surface area contributed by atoms with Crippen LogP contribution in [0.4, 0.5) is 5.82 Å². The zero-order valence-electron chi connectivity index (χ0n) is 16.4. The van der Waals surface area contributed by atoms with Gasteiger partial charge >= 0.3 is 0 Å². The van der Waals surface area contributed by atoms with Crippen LogP contribution in [0.25, 0.3) is 16.9 Å². The Balaban J connectivity index is 1.85. The number of ether oxygens (including phenoxy) is 4. The summed E-state index contributed by atoms with van der Waals surface area (Å²) in [5.41, 5.74) is 3.95. The van der Waals surface area contributed by atoms with E-state index in [1.807, 2.05) is 41.1 Å². The second-order valence-corrected chi connectivity index (χ2v) is 6.38. The maximum absolute atomic E-state index is 5.51. The van der Waals surface area contributed by atoms with Crippen molar-refractivity contribution >= 4 is 5.82 Å². The highest BCUT2D eigenvalue weighted by Gasteiger charge is 2.25. The lowest BCUT2D eigenvalue weighted by Crippen LogP contribution is -2.04. The van der Waals surface area contributed by atoms with E-state index in [0.717, 1.165) is 41.5 Å². The topological polar surface area (TPSA) is 66.8 Å². The van der Waals surface area contributed by atoms with Gasteiger partial charge in [-0.2, -0.15) is 5.10 Å². The maximum Gasteiger partial charge on any atom is 0.203 e. The van der Waals surface area contributed by atoms with Crippen molar-refractivity contribution < 1.29 is 18.9 Å². The highest BCUT2D eigenvalue weighted by molar-refractivity contribution is 5.76. The largest absolute Gasteiger partial charge is 0.497 e. The van der Waals surface area contributed by atoms with Crippen molar-refractivity contribution in [3.63, 3.8) is 0 Å². The fourth-order valence-corrected chi connectivity index (χ4v) is 3.53. The second kappa shape index (κ2) is 7.34. The third kappa shape index (κ3) is 2.89. The molecule has 0 unspecified atom stereocenters. The average molecular weight is 381 g/mol. The average Bonchev–Trinajstić information content (AvgIpc) is 3.35. The smallest absolute Gasteiger partial charge is 0.203 e. The van der Waals surface area contributed by atoms with Gasteiger partial charge in [0.15, 0.2) is 11.5 Å². The lowest BCUT2D eigenvalue weighted by molar-refractivity contribution is 0.324. The number of rotatable bonds is 6. The monoisotopic (exact) mass is 381 g/mol. The molecule has 7 nitrogen and oxygen atoms in total. The Kier molecular flexibility index (Phi) is 4.73. The summed E-state index contributed by atoms with van der Waals surface area (Å²) in [6.07, 6.45) is 0.900. The quantitative estimate of drug-likeness (QED) is 0.704. The van der Waals surface area contributed by atoms with Crippen molar-refractivity contribution in [3.05, 3.63) is 42.0 Å². The first-order chi connectivity index (χ1) is 13.7. The first-order valence-electron chi connectivity index (χ1n) is 9.00. The Morgan fingerprint density at radius 1 is 0.893 bits per heavy atom. The van der Waals surface area contributed by atoms with Crippen LogP contribution in [0.5, 0.6) is 23.0 Å². The number of anilines is 1. The van der Waals surface area contributed by atoms with Gasteiger partial charge in [0.1, 0.15) is 11.6 Å². The Morgan fingerprint density at radius 2 is 1.57 bits per heavy atom. The predicted molar refractivity (Wildman–Crippen MR) is 107 cm³/mol. The fraction of sp³-hybridized carbons (Fsp3) is 0.286. The number of aromatic nitrogens is 2. The van der Waals surface area contributed by atoms with Crippen LogP contribution < -0.4 is 24.3 Å². The number of benzene rings is 2. The minimum atomic E-state index is 0.568. The van der Waals surface area contributed by atoms with Gasteiger partial charge < -0.3 is 24.3 Å². The summed E-state index contributed by atoms with van der Waals surface area (Å²) in [5.74, 6) is 3.60. The van der Waals surface area contributed by atoms with Crippen LogP contribution in [0, 0.1) is 0 Å². The van der Waals surface area contributed by atoms with Crippen molar-refractivity contribution in [2.24, 2.45) is 0 Å². The molecule has 2 aromatic carbocycles. The molecule has 0 atom stereocenters. The van der Waals surface area contributed by atoms with E-state index in [2.05, 4.69) is 5.32 Å². The number of methoxy groups -OCH3 is 4. The highest BCUT2D eigenvalue weighted by Crippen LogP contribution is 2.43. The number of fused-ring (bicyclic) bond motifs is 1. The molecule has 28 heavy (non-hydrogen) atoms. The maximum atomic E-state index is 5.51. The normalized spacial score (nSPS) is 12.3. The first kappa shape index (κ1) is 18.0. The molecule has 0 spiro atoms. The van der Waals surface area contributed by atoms with Crippen LogP contribution in [0.15, 0.2) is 36.4 Å². The molecule has 2 heterocycles. The van der Waals surface area contributed by atoms with Gasteiger partial charge in [0, 0.05) is 17.7 Å². The van der Waals surface area contributed by atoms with Crippen LogP contribution in [0.2, 0.25) is 0 Å². The van der Waals surface area contributed by atoms with Crippen molar-refractivity contribution in [2.45, 2.75) is 6.42 Å². The molecule has 1 N–H and O–H groups in total. The van der Waals surface area contributed by atoms with Crippen molar-refractivity contribution in [1.29, 1.82) is 0 Å². The molecule has 4 rings (SSSR count). The van der Waals surface area contributed by atoms with E-state index in [1.165, 1.54) is 5.56 Å². The number of hydrogen-bond donors (Lipinski definition) is 1. The highest BCUT2D eigenvalue weighted by atomic mass is 16.5. The number of hydrogen-bond acceptors (Lipinski definition) is 6. The van der Waals surface area contributed by atoms with E-state index < -0.39 is 0 Å². The molecule has 3 aromatic rings. The van der Waals surface area contributed by atoms with E-state index in [1.54, 1.807) is 28.4 Å². The number of nitrogens with zero attached hydrogens (tertiary/aromatic N) is 2. The molecule has 7 heteroatoms. The van der Waals surface area contributed by atoms with E-state index in [9.17, 15) is 0 Å². The molecule has 0 aliphatic carbocycles. The Bertz CT molecular complexity index is 971. The Morgan fingerprint density at radius 3 is 2.14 bits per heavy atom. The molecular weight excluding hydrogens is 358 g/mol. The molecule has 0 fully saturated rings. The number of nitrogens with one attached hydrogen (secondary N) is 1.